The Morgan fingerprint density at radius 3 is 3.07 bits per heavy atom. The van der Waals surface area contributed by atoms with Gasteiger partial charge < -0.3 is 11.1 Å². The van der Waals surface area contributed by atoms with Crippen LogP contribution in [0.1, 0.15) is 24.8 Å². The van der Waals surface area contributed by atoms with Gasteiger partial charge in [-0.3, -0.25) is 0 Å². The molecule has 1 aromatic rings. The lowest BCUT2D eigenvalue weighted by atomic mass is 9.88. The summed E-state index contributed by atoms with van der Waals surface area (Å²) in [5, 5.41) is 4.23. The molecule has 1 aromatic carbocycles. The molecule has 1 aliphatic heterocycles. The van der Waals surface area contributed by atoms with Gasteiger partial charge in [0.1, 0.15) is 0 Å². The van der Waals surface area contributed by atoms with Crippen LogP contribution in [0, 0.1) is 0 Å². The van der Waals surface area contributed by atoms with Crippen molar-refractivity contribution in [1.29, 1.82) is 0 Å². The number of nitrogens with two attached hydrogens (primary N) is 1. The molecule has 0 amide bonds. The molecule has 0 bridgehead atoms. The SMILES string of the molecule is CC1CC(CN)c2cc(Cl)ccc2N1. The minimum Gasteiger partial charge on any atom is -0.382 e. The van der Waals surface area contributed by atoms with E-state index in [1.165, 1.54) is 11.3 Å². The third-order valence-electron chi connectivity index (χ3n) is 2.78. The van der Waals surface area contributed by atoms with Gasteiger partial charge in [-0.1, -0.05) is 11.6 Å². The van der Waals surface area contributed by atoms with Crippen LogP contribution in [0.3, 0.4) is 0 Å². The molecule has 2 rings (SSSR count). The Morgan fingerprint density at radius 1 is 1.57 bits per heavy atom. The van der Waals surface area contributed by atoms with E-state index in [1.807, 2.05) is 18.2 Å². The molecule has 0 radical (unpaired) electrons. The first-order chi connectivity index (χ1) is 6.70. The molecular formula is C11H15ClN2. The van der Waals surface area contributed by atoms with Gasteiger partial charge in [0.05, 0.1) is 0 Å². The maximum absolute atomic E-state index is 5.97. The van der Waals surface area contributed by atoms with Crippen LogP contribution in [0.25, 0.3) is 0 Å². The fraction of sp³-hybridized carbons (Fsp3) is 0.455. The lowest BCUT2D eigenvalue weighted by Gasteiger charge is -2.30. The predicted molar refractivity (Wildman–Crippen MR) is 60.9 cm³/mol. The first kappa shape index (κ1) is 9.81. The largest absolute Gasteiger partial charge is 0.382 e. The number of benzene rings is 1. The summed E-state index contributed by atoms with van der Waals surface area (Å²) in [5.74, 6) is 0.444. The minimum absolute atomic E-state index is 0.444. The van der Waals surface area contributed by atoms with Crippen LogP contribution in [-0.4, -0.2) is 12.6 Å². The number of halogens is 1. The fourth-order valence-corrected chi connectivity index (χ4v) is 2.28. The summed E-state index contributed by atoms with van der Waals surface area (Å²) in [6, 6.07) is 6.47. The monoisotopic (exact) mass is 210 g/mol. The average Bonchev–Trinajstić information content (AvgIpc) is 2.17. The van der Waals surface area contributed by atoms with Crippen LogP contribution in [0.15, 0.2) is 18.2 Å². The van der Waals surface area contributed by atoms with Gasteiger partial charge in [-0.2, -0.15) is 0 Å². The first-order valence-corrected chi connectivity index (χ1v) is 5.34. The Labute approximate surface area is 89.4 Å². The van der Waals surface area contributed by atoms with Crippen molar-refractivity contribution in [2.45, 2.75) is 25.3 Å². The number of hydrogen-bond donors (Lipinski definition) is 2. The van der Waals surface area contributed by atoms with Crippen molar-refractivity contribution in [3.05, 3.63) is 28.8 Å². The van der Waals surface area contributed by atoms with Gasteiger partial charge in [-0.05, 0) is 43.7 Å². The van der Waals surface area contributed by atoms with E-state index < -0.39 is 0 Å². The van der Waals surface area contributed by atoms with Gasteiger partial charge in [-0.15, -0.1) is 0 Å². The Kier molecular flexibility index (Phi) is 2.66. The Morgan fingerprint density at radius 2 is 2.36 bits per heavy atom. The van der Waals surface area contributed by atoms with Gasteiger partial charge in [0.25, 0.3) is 0 Å². The highest BCUT2D eigenvalue weighted by Gasteiger charge is 2.22. The molecule has 3 N–H and O–H groups in total. The van der Waals surface area contributed by atoms with E-state index in [0.29, 0.717) is 18.5 Å². The standard InChI is InChI=1S/C11H15ClN2/c1-7-4-8(6-13)10-5-9(12)2-3-11(10)14-7/h2-3,5,7-8,14H,4,6,13H2,1H3. The van der Waals surface area contributed by atoms with Gasteiger partial charge in [0.2, 0.25) is 0 Å². The highest BCUT2D eigenvalue weighted by Crippen LogP contribution is 2.35. The van der Waals surface area contributed by atoms with Crippen molar-refractivity contribution in [1.82, 2.24) is 0 Å². The predicted octanol–water partition coefficient (Wildman–Crippen LogP) is 2.59. The van der Waals surface area contributed by atoms with Crippen LogP contribution in [-0.2, 0) is 0 Å². The second kappa shape index (κ2) is 3.79. The minimum atomic E-state index is 0.444. The van der Waals surface area contributed by atoms with Crippen LogP contribution < -0.4 is 11.1 Å². The third-order valence-corrected chi connectivity index (χ3v) is 3.01. The van der Waals surface area contributed by atoms with E-state index in [9.17, 15) is 0 Å². The van der Waals surface area contributed by atoms with E-state index >= 15 is 0 Å². The molecule has 1 aliphatic rings. The highest BCUT2D eigenvalue weighted by molar-refractivity contribution is 6.30. The second-order valence-electron chi connectivity index (χ2n) is 3.95. The maximum Gasteiger partial charge on any atom is 0.0410 e. The van der Waals surface area contributed by atoms with Crippen LogP contribution >= 0.6 is 11.6 Å². The van der Waals surface area contributed by atoms with E-state index in [-0.39, 0.29) is 0 Å². The summed E-state index contributed by atoms with van der Waals surface area (Å²) in [4.78, 5) is 0. The molecule has 2 unspecified atom stereocenters. The van der Waals surface area contributed by atoms with E-state index in [4.69, 9.17) is 17.3 Å². The van der Waals surface area contributed by atoms with Crippen molar-refractivity contribution in [2.24, 2.45) is 5.73 Å². The summed E-state index contributed by atoms with van der Waals surface area (Å²) in [6.45, 7) is 2.87. The number of hydrogen-bond acceptors (Lipinski definition) is 2. The molecule has 0 aromatic heterocycles. The maximum atomic E-state index is 5.97. The topological polar surface area (TPSA) is 38.0 Å². The van der Waals surface area contributed by atoms with E-state index in [1.54, 1.807) is 0 Å². The first-order valence-electron chi connectivity index (χ1n) is 4.96. The number of rotatable bonds is 1. The Bertz CT molecular complexity index is 338. The van der Waals surface area contributed by atoms with Crippen molar-refractivity contribution < 1.29 is 0 Å². The van der Waals surface area contributed by atoms with Crippen molar-refractivity contribution in [3.8, 4) is 0 Å². The van der Waals surface area contributed by atoms with Crippen LogP contribution in [0.4, 0.5) is 5.69 Å². The second-order valence-corrected chi connectivity index (χ2v) is 4.38. The summed E-state index contributed by atoms with van der Waals surface area (Å²) in [6.07, 6.45) is 1.09. The lowest BCUT2D eigenvalue weighted by molar-refractivity contribution is 0.561. The van der Waals surface area contributed by atoms with Gasteiger partial charge in [-0.25, -0.2) is 0 Å². The lowest BCUT2D eigenvalue weighted by Crippen LogP contribution is -2.28. The number of fused-ring (bicyclic) bond motifs is 1. The van der Waals surface area contributed by atoms with Gasteiger partial charge in [0, 0.05) is 22.7 Å². The zero-order chi connectivity index (χ0) is 10.1. The summed E-state index contributed by atoms with van der Waals surface area (Å²) < 4.78 is 0. The molecule has 14 heavy (non-hydrogen) atoms. The average molecular weight is 211 g/mol. The summed E-state index contributed by atoms with van der Waals surface area (Å²) >= 11 is 5.97. The van der Waals surface area contributed by atoms with Gasteiger partial charge in [0.15, 0.2) is 0 Å². The Balaban J connectivity index is 2.41. The molecule has 0 saturated heterocycles. The molecule has 0 aliphatic carbocycles. The van der Waals surface area contributed by atoms with Crippen molar-refractivity contribution >= 4 is 17.3 Å². The van der Waals surface area contributed by atoms with Crippen LogP contribution in [0.5, 0.6) is 0 Å². The smallest absolute Gasteiger partial charge is 0.0410 e. The molecular weight excluding hydrogens is 196 g/mol. The Hall–Kier alpha value is -0.730. The zero-order valence-corrected chi connectivity index (χ0v) is 9.01. The molecule has 0 fully saturated rings. The zero-order valence-electron chi connectivity index (χ0n) is 8.26. The molecule has 76 valence electrons. The molecule has 1 heterocycles. The van der Waals surface area contributed by atoms with Gasteiger partial charge >= 0.3 is 0 Å². The quantitative estimate of drug-likeness (QED) is 0.748. The third kappa shape index (κ3) is 1.72. The molecule has 0 spiro atoms. The summed E-state index contributed by atoms with van der Waals surface area (Å²) in [7, 11) is 0. The number of anilines is 1. The molecule has 2 atom stereocenters. The van der Waals surface area contributed by atoms with Crippen LogP contribution in [0.2, 0.25) is 5.02 Å². The normalized spacial score (nSPS) is 25.4. The van der Waals surface area contributed by atoms with E-state index in [0.717, 1.165) is 11.4 Å². The molecule has 3 heteroatoms. The van der Waals surface area contributed by atoms with E-state index in [2.05, 4.69) is 12.2 Å². The molecule has 2 nitrogen and oxygen atoms in total. The summed E-state index contributed by atoms with van der Waals surface area (Å²) in [5.41, 5.74) is 8.21. The highest BCUT2D eigenvalue weighted by atomic mass is 35.5. The fourth-order valence-electron chi connectivity index (χ4n) is 2.10. The van der Waals surface area contributed by atoms with Crippen molar-refractivity contribution in [2.75, 3.05) is 11.9 Å². The number of nitrogens with one attached hydrogen (secondary N) is 1. The van der Waals surface area contributed by atoms with Crippen molar-refractivity contribution in [3.63, 3.8) is 0 Å². The molecule has 0 saturated carbocycles.